The Morgan fingerprint density at radius 2 is 2.13 bits per heavy atom. The van der Waals surface area contributed by atoms with Gasteiger partial charge in [-0.1, -0.05) is 23.2 Å². The molecule has 1 aliphatic rings. The minimum Gasteiger partial charge on any atom is -0.370 e. The van der Waals surface area contributed by atoms with Crippen LogP contribution in [0.15, 0.2) is 12.1 Å². The van der Waals surface area contributed by atoms with E-state index >= 15 is 0 Å². The fraction of sp³-hybridized carbons (Fsp3) is 0.429. The van der Waals surface area contributed by atoms with Crippen molar-refractivity contribution >= 4 is 35.1 Å². The average molecular weight is 364 g/mol. The normalized spacial score (nSPS) is 19.3. The number of primary amides is 1. The standard InChI is InChI=1S/C14H16Cl2FN3O3/c1-7(19-14(18)22)13(21)20-2-3-23-12(6-20)8-4-11(17)10(16)5-9(8)15/h4-5,7,12H,2-3,6H2,1H3,(H3,18,19,22)/t7-,12+/m1/s1. The Morgan fingerprint density at radius 3 is 2.78 bits per heavy atom. The Labute approximate surface area is 142 Å². The Bertz CT molecular complexity index is 630. The van der Waals surface area contributed by atoms with Crippen LogP contribution in [0, 0.1) is 5.82 Å². The first-order valence-corrected chi connectivity index (χ1v) is 7.66. The van der Waals surface area contributed by atoms with Crippen LogP contribution >= 0.6 is 23.2 Å². The molecule has 9 heteroatoms. The number of halogens is 3. The molecule has 0 saturated carbocycles. The number of carbonyl (C=O) groups is 2. The number of rotatable bonds is 3. The number of amides is 3. The number of nitrogens with one attached hydrogen (secondary N) is 1. The van der Waals surface area contributed by atoms with Crippen molar-refractivity contribution in [2.75, 3.05) is 19.7 Å². The molecule has 3 N–H and O–H groups in total. The Kier molecular flexibility index (Phi) is 5.67. The summed E-state index contributed by atoms with van der Waals surface area (Å²) in [6.45, 7) is 2.34. The lowest BCUT2D eigenvalue weighted by Crippen LogP contribution is -2.52. The summed E-state index contributed by atoms with van der Waals surface area (Å²) in [5, 5.41) is 2.51. The van der Waals surface area contributed by atoms with Gasteiger partial charge in [0.1, 0.15) is 18.0 Å². The van der Waals surface area contributed by atoms with Gasteiger partial charge < -0.3 is 20.7 Å². The van der Waals surface area contributed by atoms with Crippen molar-refractivity contribution in [3.05, 3.63) is 33.6 Å². The summed E-state index contributed by atoms with van der Waals surface area (Å²) < 4.78 is 19.2. The maximum atomic E-state index is 13.7. The van der Waals surface area contributed by atoms with E-state index in [4.69, 9.17) is 33.7 Å². The molecule has 0 unspecified atom stereocenters. The van der Waals surface area contributed by atoms with Crippen LogP contribution in [-0.4, -0.2) is 42.6 Å². The molecule has 2 rings (SSSR count). The van der Waals surface area contributed by atoms with E-state index in [1.807, 2.05) is 0 Å². The molecule has 23 heavy (non-hydrogen) atoms. The highest BCUT2D eigenvalue weighted by Crippen LogP contribution is 2.32. The van der Waals surface area contributed by atoms with Gasteiger partial charge >= 0.3 is 6.03 Å². The van der Waals surface area contributed by atoms with Crippen LogP contribution in [0.4, 0.5) is 9.18 Å². The highest BCUT2D eigenvalue weighted by atomic mass is 35.5. The van der Waals surface area contributed by atoms with Gasteiger partial charge in [-0.25, -0.2) is 9.18 Å². The minimum atomic E-state index is -0.779. The molecular weight excluding hydrogens is 348 g/mol. The number of nitrogens with zero attached hydrogens (tertiary/aromatic N) is 1. The first kappa shape index (κ1) is 17.8. The molecule has 0 aromatic heterocycles. The summed E-state index contributed by atoms with van der Waals surface area (Å²) in [6.07, 6.45) is -0.576. The van der Waals surface area contributed by atoms with Gasteiger partial charge in [0.2, 0.25) is 5.91 Å². The zero-order valence-corrected chi connectivity index (χ0v) is 13.8. The van der Waals surface area contributed by atoms with Crippen molar-refractivity contribution in [3.8, 4) is 0 Å². The number of nitrogens with two attached hydrogens (primary N) is 1. The van der Waals surface area contributed by atoms with Crippen molar-refractivity contribution in [2.45, 2.75) is 19.1 Å². The predicted octanol–water partition coefficient (Wildman–Crippen LogP) is 2.09. The molecular formula is C14H16Cl2FN3O3. The van der Waals surface area contributed by atoms with E-state index in [1.165, 1.54) is 24.0 Å². The first-order valence-electron chi connectivity index (χ1n) is 6.90. The second kappa shape index (κ2) is 7.33. The smallest absolute Gasteiger partial charge is 0.312 e. The Hall–Kier alpha value is -1.57. The summed E-state index contributed by atoms with van der Waals surface area (Å²) in [6, 6.07) is 0.964. The topological polar surface area (TPSA) is 84.7 Å². The molecule has 1 saturated heterocycles. The summed E-state index contributed by atoms with van der Waals surface area (Å²) in [7, 11) is 0. The third-order valence-corrected chi connectivity index (χ3v) is 4.11. The number of morpholine rings is 1. The number of benzene rings is 1. The van der Waals surface area contributed by atoms with E-state index in [9.17, 15) is 14.0 Å². The third-order valence-electron chi connectivity index (χ3n) is 3.49. The quantitative estimate of drug-likeness (QED) is 0.806. The van der Waals surface area contributed by atoms with Crippen LogP contribution in [-0.2, 0) is 9.53 Å². The van der Waals surface area contributed by atoms with Crippen molar-refractivity contribution < 1.29 is 18.7 Å². The summed E-state index contributed by atoms with van der Waals surface area (Å²) in [4.78, 5) is 24.6. The zero-order chi connectivity index (χ0) is 17.1. The van der Waals surface area contributed by atoms with Crippen LogP contribution in [0.3, 0.4) is 0 Å². The van der Waals surface area contributed by atoms with Gasteiger partial charge in [0.15, 0.2) is 0 Å². The van der Waals surface area contributed by atoms with E-state index < -0.39 is 24.0 Å². The van der Waals surface area contributed by atoms with E-state index in [1.54, 1.807) is 0 Å². The van der Waals surface area contributed by atoms with Crippen molar-refractivity contribution in [2.24, 2.45) is 5.73 Å². The maximum Gasteiger partial charge on any atom is 0.312 e. The molecule has 1 aromatic rings. The molecule has 1 fully saturated rings. The second-order valence-electron chi connectivity index (χ2n) is 5.16. The fourth-order valence-electron chi connectivity index (χ4n) is 2.37. The van der Waals surface area contributed by atoms with Gasteiger partial charge in [-0.3, -0.25) is 4.79 Å². The molecule has 1 heterocycles. The van der Waals surface area contributed by atoms with E-state index in [0.29, 0.717) is 12.1 Å². The molecule has 0 bridgehead atoms. The largest absolute Gasteiger partial charge is 0.370 e. The van der Waals surface area contributed by atoms with Crippen LogP contribution in [0.5, 0.6) is 0 Å². The van der Waals surface area contributed by atoms with Gasteiger partial charge in [-0.15, -0.1) is 0 Å². The SMILES string of the molecule is C[C@@H](NC(N)=O)C(=O)N1CCO[C@H](c2cc(F)c(Cl)cc2Cl)C1. The fourth-order valence-corrected chi connectivity index (χ4v) is 2.88. The molecule has 1 aromatic carbocycles. The van der Waals surface area contributed by atoms with Gasteiger partial charge in [-0.2, -0.15) is 0 Å². The molecule has 126 valence electrons. The van der Waals surface area contributed by atoms with Crippen molar-refractivity contribution in [1.82, 2.24) is 10.2 Å². The minimum absolute atomic E-state index is 0.0817. The second-order valence-corrected chi connectivity index (χ2v) is 5.98. The molecule has 2 atom stereocenters. The highest BCUT2D eigenvalue weighted by molar-refractivity contribution is 6.35. The van der Waals surface area contributed by atoms with Crippen LogP contribution in [0.25, 0.3) is 0 Å². The first-order chi connectivity index (χ1) is 10.8. The lowest BCUT2D eigenvalue weighted by atomic mass is 10.1. The maximum absolute atomic E-state index is 13.7. The number of carbonyl (C=O) groups excluding carboxylic acids is 2. The lowest BCUT2D eigenvalue weighted by Gasteiger charge is -2.35. The highest BCUT2D eigenvalue weighted by Gasteiger charge is 2.30. The van der Waals surface area contributed by atoms with Gasteiger partial charge in [0, 0.05) is 17.1 Å². The molecule has 1 aliphatic heterocycles. The Morgan fingerprint density at radius 1 is 1.43 bits per heavy atom. The van der Waals surface area contributed by atoms with E-state index in [2.05, 4.69) is 5.32 Å². The molecule has 0 radical (unpaired) electrons. The molecule has 0 aliphatic carbocycles. The van der Waals surface area contributed by atoms with E-state index in [-0.39, 0.29) is 29.1 Å². The van der Waals surface area contributed by atoms with Gasteiger partial charge in [-0.05, 0) is 19.1 Å². The van der Waals surface area contributed by atoms with Gasteiger partial charge in [0.05, 0.1) is 18.2 Å². The number of urea groups is 1. The Balaban J connectivity index is 2.13. The molecule has 3 amide bonds. The van der Waals surface area contributed by atoms with Crippen molar-refractivity contribution in [3.63, 3.8) is 0 Å². The lowest BCUT2D eigenvalue weighted by molar-refractivity contribution is -0.140. The number of hydrogen-bond acceptors (Lipinski definition) is 3. The molecule has 6 nitrogen and oxygen atoms in total. The number of ether oxygens (including phenoxy) is 1. The summed E-state index contributed by atoms with van der Waals surface area (Å²) in [5.74, 6) is -0.912. The van der Waals surface area contributed by atoms with Crippen LogP contribution in [0.1, 0.15) is 18.6 Å². The van der Waals surface area contributed by atoms with Crippen LogP contribution in [0.2, 0.25) is 10.0 Å². The average Bonchev–Trinajstić information content (AvgIpc) is 2.49. The molecule has 0 spiro atoms. The van der Waals surface area contributed by atoms with Gasteiger partial charge in [0.25, 0.3) is 0 Å². The van der Waals surface area contributed by atoms with Crippen molar-refractivity contribution in [1.29, 1.82) is 0 Å². The monoisotopic (exact) mass is 363 g/mol. The predicted molar refractivity (Wildman–Crippen MR) is 83.9 cm³/mol. The summed E-state index contributed by atoms with van der Waals surface area (Å²) in [5.41, 5.74) is 5.43. The van der Waals surface area contributed by atoms with E-state index in [0.717, 1.165) is 0 Å². The van der Waals surface area contributed by atoms with Crippen LogP contribution < -0.4 is 11.1 Å². The summed E-state index contributed by atoms with van der Waals surface area (Å²) >= 11 is 11.8. The zero-order valence-electron chi connectivity index (χ0n) is 12.3. The number of hydrogen-bond donors (Lipinski definition) is 2. The third kappa shape index (κ3) is 4.25.